The smallest absolute Gasteiger partial charge is 0.291 e. The number of nitrogens with one attached hydrogen (secondary N) is 2. The molecule has 1 saturated carbocycles. The summed E-state index contributed by atoms with van der Waals surface area (Å²) in [6.45, 7) is 1.92. The lowest BCUT2D eigenvalue weighted by Crippen LogP contribution is -2.29. The van der Waals surface area contributed by atoms with Crippen molar-refractivity contribution in [1.82, 2.24) is 15.1 Å². The Balaban J connectivity index is 1.47. The Morgan fingerprint density at radius 3 is 2.92 bits per heavy atom. The molecule has 2 heterocycles. The molecular weight excluding hydrogens is 356 g/mol. The van der Waals surface area contributed by atoms with Gasteiger partial charge in [0.15, 0.2) is 11.3 Å². The highest BCUT2D eigenvalue weighted by Crippen LogP contribution is 2.31. The fraction of sp³-hybridized carbons (Fsp3) is 0.278. The molecule has 7 nitrogen and oxygen atoms in total. The zero-order chi connectivity index (χ0) is 18.3. The van der Waals surface area contributed by atoms with E-state index in [-0.39, 0.29) is 18.2 Å². The lowest BCUT2D eigenvalue weighted by atomic mass is 10.1. The molecule has 134 valence electrons. The van der Waals surface area contributed by atoms with Gasteiger partial charge in [-0.05, 0) is 25.8 Å². The zero-order valence-electron chi connectivity index (χ0n) is 14.1. The van der Waals surface area contributed by atoms with Crippen LogP contribution in [0.4, 0.5) is 5.69 Å². The average molecular weight is 373 g/mol. The minimum atomic E-state index is -0.392. The molecule has 8 heteroatoms. The molecule has 0 aliphatic heterocycles. The van der Waals surface area contributed by atoms with Crippen LogP contribution in [0.5, 0.6) is 0 Å². The normalized spacial score (nSPS) is 13.8. The number of fused-ring (bicyclic) bond motifs is 1. The van der Waals surface area contributed by atoms with Crippen molar-refractivity contribution < 1.29 is 14.0 Å². The number of amides is 2. The molecular formula is C18H17ClN4O3. The predicted octanol–water partition coefficient (Wildman–Crippen LogP) is 3.12. The number of aryl methyl sites for hydroxylation is 1. The molecule has 0 saturated heterocycles. The Kier molecular flexibility index (Phi) is 4.16. The van der Waals surface area contributed by atoms with Gasteiger partial charge in [-0.15, -0.1) is 0 Å². The number of benzene rings is 1. The second-order valence-corrected chi connectivity index (χ2v) is 6.80. The molecule has 4 rings (SSSR count). The molecule has 0 unspecified atom stereocenters. The Labute approximate surface area is 154 Å². The number of hydrogen-bond acceptors (Lipinski definition) is 4. The summed E-state index contributed by atoms with van der Waals surface area (Å²) in [5, 5.41) is 11.0. The van der Waals surface area contributed by atoms with Crippen LogP contribution in [0.2, 0.25) is 5.02 Å². The third-order valence-corrected chi connectivity index (χ3v) is 4.56. The molecule has 2 aromatic heterocycles. The fourth-order valence-electron chi connectivity index (χ4n) is 2.78. The van der Waals surface area contributed by atoms with E-state index < -0.39 is 5.91 Å². The number of para-hydroxylation sites is 1. The van der Waals surface area contributed by atoms with Gasteiger partial charge in [0, 0.05) is 23.2 Å². The van der Waals surface area contributed by atoms with Gasteiger partial charge in [0.05, 0.1) is 16.9 Å². The largest absolute Gasteiger partial charge is 0.449 e. The van der Waals surface area contributed by atoms with Gasteiger partial charge in [0.1, 0.15) is 6.54 Å². The molecule has 3 aromatic rings. The summed E-state index contributed by atoms with van der Waals surface area (Å²) in [6.07, 6.45) is 5.17. The maximum atomic E-state index is 12.5. The maximum Gasteiger partial charge on any atom is 0.291 e. The lowest BCUT2D eigenvalue weighted by molar-refractivity contribution is -0.122. The van der Waals surface area contributed by atoms with Crippen molar-refractivity contribution in [1.29, 1.82) is 0 Å². The molecule has 26 heavy (non-hydrogen) atoms. The summed E-state index contributed by atoms with van der Waals surface area (Å²) in [7, 11) is 0. The van der Waals surface area contributed by atoms with Crippen LogP contribution in [0.3, 0.4) is 0 Å². The van der Waals surface area contributed by atoms with E-state index in [9.17, 15) is 9.59 Å². The van der Waals surface area contributed by atoms with Crippen molar-refractivity contribution in [2.75, 3.05) is 5.32 Å². The SMILES string of the molecule is Cc1c(C(=O)Nc2cnn(CC(=O)NC3CC3)c2)oc2c(Cl)cccc12. The van der Waals surface area contributed by atoms with Crippen molar-refractivity contribution in [2.24, 2.45) is 0 Å². The van der Waals surface area contributed by atoms with Crippen molar-refractivity contribution in [3.63, 3.8) is 0 Å². The maximum absolute atomic E-state index is 12.5. The van der Waals surface area contributed by atoms with Crippen molar-refractivity contribution >= 4 is 40.1 Å². The standard InChI is InChI=1S/C18H17ClN4O3/c1-10-13-3-2-4-14(19)17(13)26-16(10)18(25)22-12-7-20-23(8-12)9-15(24)21-11-5-6-11/h2-4,7-8,11H,5-6,9H2,1H3,(H,21,24)(H,22,25). The molecule has 1 aliphatic carbocycles. The van der Waals surface area contributed by atoms with Crippen molar-refractivity contribution in [3.8, 4) is 0 Å². The molecule has 0 radical (unpaired) electrons. The van der Waals surface area contributed by atoms with Crippen LogP contribution in [0.25, 0.3) is 11.0 Å². The topological polar surface area (TPSA) is 89.2 Å². The number of carbonyl (C=O) groups excluding carboxylic acids is 2. The van der Waals surface area contributed by atoms with Crippen LogP contribution >= 0.6 is 11.6 Å². The number of rotatable bonds is 5. The van der Waals surface area contributed by atoms with Crippen LogP contribution in [-0.4, -0.2) is 27.6 Å². The van der Waals surface area contributed by atoms with Gasteiger partial charge in [0.2, 0.25) is 5.91 Å². The average Bonchev–Trinajstić information content (AvgIpc) is 3.19. The van der Waals surface area contributed by atoms with E-state index in [2.05, 4.69) is 15.7 Å². The van der Waals surface area contributed by atoms with Crippen LogP contribution in [-0.2, 0) is 11.3 Å². The number of hydrogen-bond donors (Lipinski definition) is 2. The summed E-state index contributed by atoms with van der Waals surface area (Å²) in [6, 6.07) is 5.68. The minimum Gasteiger partial charge on any atom is -0.449 e. The quantitative estimate of drug-likeness (QED) is 0.720. The number of anilines is 1. The molecule has 1 aliphatic rings. The number of aromatic nitrogens is 2. The van der Waals surface area contributed by atoms with E-state index in [4.69, 9.17) is 16.0 Å². The first-order valence-electron chi connectivity index (χ1n) is 8.32. The fourth-order valence-corrected chi connectivity index (χ4v) is 2.99. The number of halogens is 1. The molecule has 2 amide bonds. The highest BCUT2D eigenvalue weighted by atomic mass is 35.5. The first-order chi connectivity index (χ1) is 12.5. The van der Waals surface area contributed by atoms with Gasteiger partial charge in [-0.3, -0.25) is 14.3 Å². The van der Waals surface area contributed by atoms with E-state index in [0.717, 1.165) is 23.8 Å². The molecule has 1 fully saturated rings. The van der Waals surface area contributed by atoms with Crippen LogP contribution in [0.1, 0.15) is 29.0 Å². The molecule has 1 aromatic carbocycles. The molecule has 0 atom stereocenters. The monoisotopic (exact) mass is 372 g/mol. The predicted molar refractivity (Wildman–Crippen MR) is 97.3 cm³/mol. The highest BCUT2D eigenvalue weighted by Gasteiger charge is 2.23. The third-order valence-electron chi connectivity index (χ3n) is 4.26. The van der Waals surface area contributed by atoms with Crippen LogP contribution in [0.15, 0.2) is 35.0 Å². The molecule has 0 bridgehead atoms. The first kappa shape index (κ1) is 16.7. The Hall–Kier alpha value is -2.80. The summed E-state index contributed by atoms with van der Waals surface area (Å²) >= 11 is 6.12. The van der Waals surface area contributed by atoms with Crippen LogP contribution in [0, 0.1) is 6.92 Å². The van der Waals surface area contributed by atoms with Gasteiger partial charge in [-0.1, -0.05) is 23.7 Å². The van der Waals surface area contributed by atoms with Crippen molar-refractivity contribution in [3.05, 3.63) is 46.9 Å². The van der Waals surface area contributed by atoms with E-state index in [1.807, 2.05) is 19.1 Å². The second kappa shape index (κ2) is 6.49. The Morgan fingerprint density at radius 1 is 1.38 bits per heavy atom. The van der Waals surface area contributed by atoms with E-state index in [0.29, 0.717) is 22.3 Å². The summed E-state index contributed by atoms with van der Waals surface area (Å²) in [4.78, 5) is 24.3. The number of nitrogens with zero attached hydrogens (tertiary/aromatic N) is 2. The molecule has 0 spiro atoms. The zero-order valence-corrected chi connectivity index (χ0v) is 14.8. The van der Waals surface area contributed by atoms with Crippen LogP contribution < -0.4 is 10.6 Å². The van der Waals surface area contributed by atoms with Gasteiger partial charge >= 0.3 is 0 Å². The Morgan fingerprint density at radius 2 is 2.19 bits per heavy atom. The summed E-state index contributed by atoms with van der Waals surface area (Å²) < 4.78 is 7.13. The van der Waals surface area contributed by atoms with Gasteiger partial charge < -0.3 is 15.1 Å². The van der Waals surface area contributed by atoms with E-state index >= 15 is 0 Å². The summed E-state index contributed by atoms with van der Waals surface area (Å²) in [5.41, 5.74) is 1.70. The first-order valence-corrected chi connectivity index (χ1v) is 8.70. The lowest BCUT2D eigenvalue weighted by Gasteiger charge is -2.03. The van der Waals surface area contributed by atoms with Gasteiger partial charge in [0.25, 0.3) is 5.91 Å². The Bertz CT molecular complexity index is 1000. The van der Waals surface area contributed by atoms with Crippen molar-refractivity contribution in [2.45, 2.75) is 32.4 Å². The minimum absolute atomic E-state index is 0.0868. The highest BCUT2D eigenvalue weighted by molar-refractivity contribution is 6.35. The number of carbonyl (C=O) groups is 2. The van der Waals surface area contributed by atoms with Gasteiger partial charge in [-0.25, -0.2) is 0 Å². The van der Waals surface area contributed by atoms with E-state index in [1.54, 1.807) is 12.3 Å². The third kappa shape index (κ3) is 3.30. The van der Waals surface area contributed by atoms with Gasteiger partial charge in [-0.2, -0.15) is 5.10 Å². The second-order valence-electron chi connectivity index (χ2n) is 6.40. The molecule has 2 N–H and O–H groups in total. The number of furan rings is 1. The summed E-state index contributed by atoms with van der Waals surface area (Å²) in [5.74, 6) is -0.277. The van der Waals surface area contributed by atoms with E-state index in [1.165, 1.54) is 10.9 Å².